The fourth-order valence-electron chi connectivity index (χ4n) is 6.82. The molecule has 0 fully saturated rings. The molecule has 0 bridgehead atoms. The molecule has 1 unspecified atom stereocenters. The number of anilines is 1. The van der Waals surface area contributed by atoms with Gasteiger partial charge in [0.25, 0.3) is 0 Å². The van der Waals surface area contributed by atoms with Gasteiger partial charge >= 0.3 is 0 Å². The molecule has 3 atom stereocenters. The molecule has 3 aliphatic rings. The Bertz CT molecular complexity index is 1590. The van der Waals surface area contributed by atoms with Crippen molar-refractivity contribution in [1.29, 1.82) is 0 Å². The highest BCUT2D eigenvalue weighted by Gasteiger charge is 2.54. The molecule has 3 heterocycles. The van der Waals surface area contributed by atoms with Gasteiger partial charge in [-0.15, -0.1) is 0 Å². The van der Waals surface area contributed by atoms with Gasteiger partial charge in [-0.05, 0) is 54.0 Å². The van der Waals surface area contributed by atoms with Gasteiger partial charge in [0.1, 0.15) is 41.7 Å². The number of halogens is 1. The first-order chi connectivity index (χ1) is 22.1. The van der Waals surface area contributed by atoms with Crippen molar-refractivity contribution in [2.24, 2.45) is 10.8 Å². The van der Waals surface area contributed by atoms with Gasteiger partial charge in [0.05, 0.1) is 18.8 Å². The molecule has 3 aromatic rings. The number of carbonyl (C=O) groups is 1. The van der Waals surface area contributed by atoms with Crippen LogP contribution in [0, 0.1) is 16.6 Å². The maximum atomic E-state index is 14.7. The van der Waals surface area contributed by atoms with E-state index in [0.717, 1.165) is 5.56 Å². The van der Waals surface area contributed by atoms with Crippen molar-refractivity contribution >= 4 is 11.6 Å². The number of amides is 1. The van der Waals surface area contributed by atoms with Crippen LogP contribution < -0.4 is 29.0 Å². The second-order valence-electron chi connectivity index (χ2n) is 15.1. The SMILES string of the molecule is CC(C)(C)C[C@@H](O)COc1cc2c(cc1C1(c3cc4c(cc3OC[C@H](O)CC(C)(C)C)OCO4)C(=O)Nc3cc(F)ccc31)OCC2. The number of rotatable bonds is 10. The quantitative estimate of drug-likeness (QED) is 0.241. The molecule has 0 radical (unpaired) electrons. The van der Waals surface area contributed by atoms with E-state index in [1.54, 1.807) is 24.3 Å². The van der Waals surface area contributed by atoms with E-state index >= 15 is 0 Å². The van der Waals surface area contributed by atoms with Crippen molar-refractivity contribution in [3.8, 4) is 28.7 Å². The summed E-state index contributed by atoms with van der Waals surface area (Å²) < 4.78 is 44.9. The lowest BCUT2D eigenvalue weighted by atomic mass is 9.69. The zero-order chi connectivity index (χ0) is 33.7. The number of hydrogen-bond acceptors (Lipinski definition) is 8. The van der Waals surface area contributed by atoms with E-state index in [4.69, 9.17) is 23.7 Å². The summed E-state index contributed by atoms with van der Waals surface area (Å²) >= 11 is 0. The average Bonchev–Trinajstić information content (AvgIpc) is 3.68. The molecule has 0 saturated heterocycles. The molecular weight excluding hydrogens is 605 g/mol. The summed E-state index contributed by atoms with van der Waals surface area (Å²) in [6.07, 6.45) is 0.0795. The predicted octanol–water partition coefficient (Wildman–Crippen LogP) is 6.13. The third kappa shape index (κ3) is 6.58. The molecule has 6 rings (SSSR count). The molecule has 0 spiro atoms. The van der Waals surface area contributed by atoms with E-state index in [0.29, 0.717) is 71.2 Å². The van der Waals surface area contributed by atoms with Gasteiger partial charge in [0.2, 0.25) is 12.7 Å². The molecule has 9 nitrogen and oxygen atoms in total. The Kier molecular flexibility index (Phi) is 8.55. The Hall–Kier alpha value is -4.02. The van der Waals surface area contributed by atoms with E-state index in [2.05, 4.69) is 5.32 Å². The second-order valence-corrected chi connectivity index (χ2v) is 15.1. The number of nitrogens with one attached hydrogen (secondary N) is 1. The first kappa shape index (κ1) is 32.9. The van der Waals surface area contributed by atoms with Crippen LogP contribution in [0.2, 0.25) is 0 Å². The number of carbonyl (C=O) groups excluding carboxylic acids is 1. The minimum atomic E-state index is -1.64. The van der Waals surface area contributed by atoms with Gasteiger partial charge in [-0.2, -0.15) is 0 Å². The number of ether oxygens (including phenoxy) is 5. The number of aliphatic hydroxyl groups excluding tert-OH is 2. The van der Waals surface area contributed by atoms with Crippen LogP contribution in [0.15, 0.2) is 42.5 Å². The van der Waals surface area contributed by atoms with Crippen molar-refractivity contribution in [3.05, 3.63) is 70.5 Å². The summed E-state index contributed by atoms with van der Waals surface area (Å²) in [6, 6.07) is 11.2. The predicted molar refractivity (Wildman–Crippen MR) is 174 cm³/mol. The van der Waals surface area contributed by atoms with Gasteiger partial charge in [-0.25, -0.2) is 4.39 Å². The lowest BCUT2D eigenvalue weighted by molar-refractivity contribution is -0.118. The molecule has 47 heavy (non-hydrogen) atoms. The highest BCUT2D eigenvalue weighted by atomic mass is 19.1. The monoisotopic (exact) mass is 649 g/mol. The van der Waals surface area contributed by atoms with Crippen molar-refractivity contribution in [2.45, 2.75) is 78.4 Å². The molecule has 0 aromatic heterocycles. The highest BCUT2D eigenvalue weighted by Crippen LogP contribution is 2.56. The summed E-state index contributed by atoms with van der Waals surface area (Å²) in [5.41, 5.74) is 0.586. The maximum absolute atomic E-state index is 14.7. The summed E-state index contributed by atoms with van der Waals surface area (Å²) in [5.74, 6) is 1.14. The normalized spacial score (nSPS) is 19.5. The van der Waals surface area contributed by atoms with Gasteiger partial charge in [-0.3, -0.25) is 4.79 Å². The topological polar surface area (TPSA) is 116 Å². The van der Waals surface area contributed by atoms with Gasteiger partial charge < -0.3 is 39.2 Å². The highest BCUT2D eigenvalue weighted by molar-refractivity contribution is 6.12. The molecule has 10 heteroatoms. The van der Waals surface area contributed by atoms with Crippen LogP contribution in [0.25, 0.3) is 0 Å². The molecule has 252 valence electrons. The molecule has 3 N–H and O–H groups in total. The van der Waals surface area contributed by atoms with Crippen molar-refractivity contribution in [3.63, 3.8) is 0 Å². The van der Waals surface area contributed by atoms with E-state index < -0.39 is 29.3 Å². The zero-order valence-electron chi connectivity index (χ0n) is 27.9. The third-order valence-corrected chi connectivity index (χ3v) is 8.61. The van der Waals surface area contributed by atoms with E-state index in [1.165, 1.54) is 12.1 Å². The minimum Gasteiger partial charge on any atom is -0.493 e. The molecule has 3 aliphatic heterocycles. The van der Waals surface area contributed by atoms with Crippen LogP contribution in [0.1, 0.15) is 76.6 Å². The Morgan fingerprint density at radius 1 is 0.809 bits per heavy atom. The Balaban J connectivity index is 1.55. The summed E-state index contributed by atoms with van der Waals surface area (Å²) in [5, 5.41) is 24.7. The summed E-state index contributed by atoms with van der Waals surface area (Å²) in [6.45, 7) is 12.6. The van der Waals surface area contributed by atoms with Crippen LogP contribution >= 0.6 is 0 Å². The van der Waals surface area contributed by atoms with Crippen molar-refractivity contribution < 1.29 is 43.1 Å². The van der Waals surface area contributed by atoms with Crippen LogP contribution in [0.3, 0.4) is 0 Å². The van der Waals surface area contributed by atoms with Crippen molar-refractivity contribution in [1.82, 2.24) is 0 Å². The first-order valence-electron chi connectivity index (χ1n) is 16.1. The number of hydrogen-bond donors (Lipinski definition) is 3. The largest absolute Gasteiger partial charge is 0.493 e. The number of fused-ring (bicyclic) bond motifs is 3. The number of benzene rings is 3. The average molecular weight is 650 g/mol. The minimum absolute atomic E-state index is 0.0125. The van der Waals surface area contributed by atoms with Crippen LogP contribution in [-0.2, 0) is 16.6 Å². The van der Waals surface area contributed by atoms with Crippen LogP contribution in [-0.4, -0.2) is 54.9 Å². The van der Waals surface area contributed by atoms with Crippen molar-refractivity contribution in [2.75, 3.05) is 31.9 Å². The number of aliphatic hydroxyl groups is 2. The van der Waals surface area contributed by atoms with E-state index in [-0.39, 0.29) is 36.6 Å². The Morgan fingerprint density at radius 3 is 2.00 bits per heavy atom. The van der Waals surface area contributed by atoms with Gasteiger partial charge in [0, 0.05) is 40.4 Å². The maximum Gasteiger partial charge on any atom is 0.244 e. The van der Waals surface area contributed by atoms with E-state index in [9.17, 15) is 19.4 Å². The molecular formula is C37H44FNO8. The van der Waals surface area contributed by atoms with E-state index in [1.807, 2.05) is 47.6 Å². The zero-order valence-corrected chi connectivity index (χ0v) is 27.9. The van der Waals surface area contributed by atoms with Crippen LogP contribution in [0.4, 0.5) is 10.1 Å². The van der Waals surface area contributed by atoms with Gasteiger partial charge in [-0.1, -0.05) is 47.6 Å². The molecule has 0 saturated carbocycles. The lowest BCUT2D eigenvalue weighted by Crippen LogP contribution is -2.38. The lowest BCUT2D eigenvalue weighted by Gasteiger charge is -2.33. The first-order valence-corrected chi connectivity index (χ1v) is 16.1. The fourth-order valence-corrected chi connectivity index (χ4v) is 6.82. The molecule has 1 amide bonds. The summed E-state index contributed by atoms with van der Waals surface area (Å²) in [7, 11) is 0. The Morgan fingerprint density at radius 2 is 1.38 bits per heavy atom. The third-order valence-electron chi connectivity index (χ3n) is 8.61. The smallest absolute Gasteiger partial charge is 0.244 e. The molecule has 0 aliphatic carbocycles. The molecule has 3 aromatic carbocycles. The standard InChI is InChI=1S/C37H44FNO8/c1-35(2,3)16-23(40)18-44-30-11-21-9-10-43-29(21)13-26(30)37(25-8-7-22(38)12-28(25)39-34(37)42)27-14-32-33(47-20-46-32)15-31(27)45-19-24(41)17-36(4,5)6/h7-8,11-15,23-24,40-41H,9-10,16-20H2,1-6H3,(H,39,42)/t23-,24-,37?/m1/s1. The second kappa shape index (κ2) is 12.2. The summed E-state index contributed by atoms with van der Waals surface area (Å²) in [4.78, 5) is 14.7. The van der Waals surface area contributed by atoms with Crippen LogP contribution in [0.5, 0.6) is 28.7 Å². The Labute approximate surface area is 274 Å². The fraction of sp³-hybridized carbons (Fsp3) is 0.486. The van der Waals surface area contributed by atoms with Gasteiger partial charge in [0.15, 0.2) is 11.5 Å².